The molecular formula is C39H18N4S3. The summed E-state index contributed by atoms with van der Waals surface area (Å²) in [6.07, 6.45) is 0. The molecule has 0 aliphatic rings. The fraction of sp³-hybridized carbons (Fsp3) is 0. The minimum atomic E-state index is 0.801. The summed E-state index contributed by atoms with van der Waals surface area (Å²) in [4.78, 5) is 0. The maximum Gasteiger partial charge on any atom is 0.119 e. The van der Waals surface area contributed by atoms with Gasteiger partial charge in [0.05, 0.1) is 49.7 Å². The van der Waals surface area contributed by atoms with E-state index in [4.69, 9.17) is 36.7 Å². The van der Waals surface area contributed by atoms with Gasteiger partial charge in [-0.1, -0.05) is 128 Å². The highest BCUT2D eigenvalue weighted by Crippen LogP contribution is 2.45. The number of pyridine rings is 3. The smallest absolute Gasteiger partial charge is 0.119 e. The third kappa shape index (κ3) is 2.44. The van der Waals surface area contributed by atoms with Gasteiger partial charge in [0.25, 0.3) is 0 Å². The van der Waals surface area contributed by atoms with Crippen molar-refractivity contribution < 1.29 is 0 Å². The third-order valence-electron chi connectivity index (χ3n) is 10.4. The van der Waals surface area contributed by atoms with Crippen LogP contribution in [0.4, 0.5) is 0 Å². The zero-order chi connectivity index (χ0) is 30.2. The van der Waals surface area contributed by atoms with Gasteiger partial charge in [-0.15, -0.1) is 0 Å². The number of fused-ring (bicyclic) bond motifs is 9. The Morgan fingerprint density at radius 3 is 0.848 bits per heavy atom. The van der Waals surface area contributed by atoms with E-state index >= 15 is 0 Å². The molecule has 6 aromatic heterocycles. The SMILES string of the molecule is S=c1c2ccccc2c2ccc3c4c2n1c1ccc2c5ccccc5c(=S)n5c6ccc7c8ccccc8c(=S)n3c7c6n4c1c25. The molecule has 0 fully saturated rings. The summed E-state index contributed by atoms with van der Waals surface area (Å²) in [6, 6.07) is 39.1. The fourth-order valence-corrected chi connectivity index (χ4v) is 9.75. The lowest BCUT2D eigenvalue weighted by Gasteiger charge is -2.27. The molecule has 6 heterocycles. The second-order valence-corrected chi connectivity index (χ2v) is 13.5. The summed E-state index contributed by atoms with van der Waals surface area (Å²) in [7, 11) is 0. The molecule has 0 saturated heterocycles. The van der Waals surface area contributed by atoms with E-state index in [1.807, 2.05) is 0 Å². The molecule has 7 heteroatoms. The van der Waals surface area contributed by atoms with E-state index in [1.165, 1.54) is 16.2 Å². The van der Waals surface area contributed by atoms with Crippen LogP contribution in [0, 0.1) is 13.9 Å². The predicted octanol–water partition coefficient (Wildman–Crippen LogP) is 11.3. The van der Waals surface area contributed by atoms with Crippen molar-refractivity contribution in [3.05, 3.63) is 123 Å². The van der Waals surface area contributed by atoms with E-state index in [1.54, 1.807) is 0 Å². The second kappa shape index (κ2) is 7.77. The number of aromatic nitrogens is 4. The quantitative estimate of drug-likeness (QED) is 0.0935. The largest absolute Gasteiger partial charge is 0.299 e. The van der Waals surface area contributed by atoms with Gasteiger partial charge in [0, 0.05) is 32.3 Å². The van der Waals surface area contributed by atoms with Crippen molar-refractivity contribution in [3.63, 3.8) is 0 Å². The molecule has 0 aliphatic carbocycles. The second-order valence-electron chi connectivity index (χ2n) is 12.4. The standard InChI is InChI=1S/C39H18N4S3/c44-37-25-10-4-1-7-19(25)22-13-16-28-34-31(22)40(37)29-17-14-23-20-8-3-6-12-27(20)39(46)42-30-18-15-24-21-9-2-5-11-26(21)38(45)41(28)33(24)36(30)43(34)35(29)32(23)42/h1-18H. The Hall–Kier alpha value is -5.21. The van der Waals surface area contributed by atoms with Crippen LogP contribution >= 0.6 is 36.7 Å². The van der Waals surface area contributed by atoms with Gasteiger partial charge in [-0.2, -0.15) is 0 Å². The normalized spacial score (nSPS) is 13.0. The lowest BCUT2D eigenvalue weighted by molar-refractivity contribution is 1.12. The summed E-state index contributed by atoms with van der Waals surface area (Å²) in [5.41, 5.74) is 9.80. The minimum Gasteiger partial charge on any atom is -0.299 e. The van der Waals surface area contributed by atoms with Gasteiger partial charge < -0.3 is 0 Å². The molecule has 0 bridgehead atoms. The number of rotatable bonds is 0. The van der Waals surface area contributed by atoms with Crippen LogP contribution in [0.3, 0.4) is 0 Å². The number of hydrogen-bond donors (Lipinski definition) is 0. The Balaban J connectivity index is 1.60. The van der Waals surface area contributed by atoms with E-state index < -0.39 is 0 Å². The minimum absolute atomic E-state index is 0.801. The molecule has 12 aromatic rings. The number of hydrogen-bond acceptors (Lipinski definition) is 3. The molecule has 0 atom stereocenters. The summed E-state index contributed by atoms with van der Waals surface area (Å²) in [6.45, 7) is 0. The number of nitrogens with zero attached hydrogens (tertiary/aromatic N) is 4. The van der Waals surface area contributed by atoms with Crippen LogP contribution in [-0.2, 0) is 0 Å². The topological polar surface area (TPSA) is 17.6 Å². The van der Waals surface area contributed by atoms with Crippen LogP contribution in [0.2, 0.25) is 0 Å². The van der Waals surface area contributed by atoms with Crippen molar-refractivity contribution in [1.82, 2.24) is 17.6 Å². The van der Waals surface area contributed by atoms with Gasteiger partial charge >= 0.3 is 0 Å². The first-order chi connectivity index (χ1) is 22.6. The molecule has 0 amide bonds. The van der Waals surface area contributed by atoms with Crippen molar-refractivity contribution in [3.8, 4) is 0 Å². The lowest BCUT2D eigenvalue weighted by atomic mass is 9.99. The molecule has 0 spiro atoms. The van der Waals surface area contributed by atoms with Crippen LogP contribution in [0.15, 0.2) is 109 Å². The molecule has 46 heavy (non-hydrogen) atoms. The van der Waals surface area contributed by atoms with Gasteiger partial charge in [0.1, 0.15) is 13.9 Å². The van der Waals surface area contributed by atoms with Crippen molar-refractivity contribution >= 4 is 135 Å². The molecule has 12 rings (SSSR count). The molecular weight excluding hydrogens is 621 g/mol. The van der Waals surface area contributed by atoms with E-state index in [9.17, 15) is 0 Å². The van der Waals surface area contributed by atoms with Gasteiger partial charge in [0.2, 0.25) is 0 Å². The summed E-state index contributed by atoms with van der Waals surface area (Å²) < 4.78 is 11.8. The van der Waals surface area contributed by atoms with Crippen LogP contribution < -0.4 is 0 Å². The zero-order valence-corrected chi connectivity index (χ0v) is 26.4. The summed E-state index contributed by atoms with van der Waals surface area (Å²) in [5.74, 6) is 0. The van der Waals surface area contributed by atoms with E-state index in [-0.39, 0.29) is 0 Å². The number of benzene rings is 6. The molecule has 6 aromatic carbocycles. The Bertz CT molecular complexity index is 3170. The molecule has 0 unspecified atom stereocenters. The first-order valence-electron chi connectivity index (χ1n) is 15.3. The van der Waals surface area contributed by atoms with Crippen molar-refractivity contribution in [2.45, 2.75) is 0 Å². The van der Waals surface area contributed by atoms with Crippen molar-refractivity contribution in [2.24, 2.45) is 0 Å². The Morgan fingerprint density at radius 2 is 0.543 bits per heavy atom. The first kappa shape index (κ1) is 24.1. The Kier molecular flexibility index (Phi) is 4.07. The summed E-state index contributed by atoms with van der Waals surface area (Å²) >= 11 is 19.2. The molecule has 0 N–H and O–H groups in total. The monoisotopic (exact) mass is 638 g/mol. The van der Waals surface area contributed by atoms with Crippen LogP contribution in [0.1, 0.15) is 0 Å². The molecule has 4 nitrogen and oxygen atoms in total. The third-order valence-corrected chi connectivity index (χ3v) is 11.6. The first-order valence-corrected chi connectivity index (χ1v) is 16.5. The average Bonchev–Trinajstić information content (AvgIpc) is 3.10. The van der Waals surface area contributed by atoms with Crippen molar-refractivity contribution in [1.29, 1.82) is 0 Å². The van der Waals surface area contributed by atoms with Crippen LogP contribution in [0.25, 0.3) is 98.1 Å². The van der Waals surface area contributed by atoms with Gasteiger partial charge in [-0.05, 0) is 34.4 Å². The highest BCUT2D eigenvalue weighted by atomic mass is 32.1. The van der Waals surface area contributed by atoms with Crippen molar-refractivity contribution in [2.75, 3.05) is 0 Å². The fourth-order valence-electron chi connectivity index (χ4n) is 8.65. The molecule has 0 radical (unpaired) electrons. The highest BCUT2D eigenvalue weighted by Gasteiger charge is 2.27. The average molecular weight is 639 g/mol. The van der Waals surface area contributed by atoms with E-state index in [2.05, 4.69) is 127 Å². The van der Waals surface area contributed by atoms with Crippen LogP contribution in [-0.4, -0.2) is 17.6 Å². The summed E-state index contributed by atoms with van der Waals surface area (Å²) in [5, 5.41) is 10.2. The zero-order valence-electron chi connectivity index (χ0n) is 23.9. The van der Waals surface area contributed by atoms with E-state index in [0.717, 1.165) is 95.9 Å². The maximum atomic E-state index is 6.38. The van der Waals surface area contributed by atoms with Gasteiger partial charge in [-0.3, -0.25) is 17.6 Å². The molecule has 0 aliphatic heterocycles. The predicted molar refractivity (Wildman–Crippen MR) is 199 cm³/mol. The highest BCUT2D eigenvalue weighted by molar-refractivity contribution is 7.72. The lowest BCUT2D eigenvalue weighted by Crippen LogP contribution is -2.13. The molecule has 212 valence electrons. The maximum absolute atomic E-state index is 6.38. The Labute approximate surface area is 274 Å². The van der Waals surface area contributed by atoms with Gasteiger partial charge in [0.15, 0.2) is 0 Å². The van der Waals surface area contributed by atoms with Crippen LogP contribution in [0.5, 0.6) is 0 Å². The Morgan fingerprint density at radius 1 is 0.261 bits per heavy atom. The van der Waals surface area contributed by atoms with E-state index in [0.29, 0.717) is 0 Å². The molecule has 0 saturated carbocycles. The van der Waals surface area contributed by atoms with Gasteiger partial charge in [-0.25, -0.2) is 0 Å².